The molecule has 2 aromatic rings. The number of anilines is 1. The van der Waals surface area contributed by atoms with Crippen LogP contribution in [-0.4, -0.2) is 34.2 Å². The highest BCUT2D eigenvalue weighted by Gasteiger charge is 2.13. The molecular formula is C17H18N4O3S2. The molecule has 7 nitrogen and oxygen atoms in total. The van der Waals surface area contributed by atoms with E-state index >= 15 is 0 Å². The molecule has 2 rings (SSSR count). The molecule has 0 aliphatic carbocycles. The number of ether oxygens (including phenoxy) is 1. The maximum absolute atomic E-state index is 12.1. The fraction of sp³-hybridized carbons (Fsp3) is 0.353. The van der Waals surface area contributed by atoms with Crippen molar-refractivity contribution in [2.45, 2.75) is 32.2 Å². The normalized spacial score (nSPS) is 10.2. The topological polar surface area (TPSA) is 105 Å². The number of nitrogens with one attached hydrogen (secondary N) is 1. The number of hydrogen-bond acceptors (Lipinski definition) is 8. The van der Waals surface area contributed by atoms with Gasteiger partial charge < -0.3 is 10.1 Å². The third-order valence-electron chi connectivity index (χ3n) is 3.19. The lowest BCUT2D eigenvalue weighted by Crippen LogP contribution is -2.14. The number of carbonyl (C=O) groups is 2. The molecule has 0 saturated carbocycles. The van der Waals surface area contributed by atoms with Crippen LogP contribution in [0.25, 0.3) is 0 Å². The minimum absolute atomic E-state index is 0.0764. The van der Waals surface area contributed by atoms with Crippen LogP contribution < -0.4 is 5.32 Å². The Hall–Kier alpha value is -2.44. The SMILES string of the molecule is CCOC(=O)Cc1csc(NC(=O)CSc2nc(C)cc(C)c2C#N)n1. The third kappa shape index (κ3) is 5.54. The molecule has 0 radical (unpaired) electrons. The first-order valence-corrected chi connectivity index (χ1v) is 9.70. The Labute approximate surface area is 159 Å². The first-order chi connectivity index (χ1) is 12.4. The number of pyridine rings is 1. The van der Waals surface area contributed by atoms with Crippen molar-refractivity contribution < 1.29 is 14.3 Å². The van der Waals surface area contributed by atoms with Crippen LogP contribution in [0.4, 0.5) is 5.13 Å². The third-order valence-corrected chi connectivity index (χ3v) is 4.97. The predicted molar refractivity (Wildman–Crippen MR) is 100 cm³/mol. The molecule has 1 amide bonds. The van der Waals surface area contributed by atoms with Gasteiger partial charge in [0.1, 0.15) is 11.1 Å². The second kappa shape index (κ2) is 9.31. The van der Waals surface area contributed by atoms with E-state index in [-0.39, 0.29) is 24.1 Å². The Morgan fingerprint density at radius 2 is 2.15 bits per heavy atom. The molecule has 1 N–H and O–H groups in total. The zero-order valence-corrected chi connectivity index (χ0v) is 16.3. The fourth-order valence-electron chi connectivity index (χ4n) is 2.14. The Kier molecular flexibility index (Phi) is 7.12. The van der Waals surface area contributed by atoms with Crippen molar-refractivity contribution in [1.82, 2.24) is 9.97 Å². The zero-order valence-electron chi connectivity index (χ0n) is 14.7. The largest absolute Gasteiger partial charge is 0.466 e. The van der Waals surface area contributed by atoms with E-state index in [0.717, 1.165) is 11.3 Å². The van der Waals surface area contributed by atoms with Crippen LogP contribution in [0, 0.1) is 25.2 Å². The summed E-state index contributed by atoms with van der Waals surface area (Å²) in [5.41, 5.74) is 2.68. The molecule has 2 aromatic heterocycles. The number of esters is 1. The molecule has 0 saturated heterocycles. The van der Waals surface area contributed by atoms with E-state index < -0.39 is 0 Å². The summed E-state index contributed by atoms with van der Waals surface area (Å²) in [6.45, 7) is 5.75. The average molecular weight is 390 g/mol. The number of aromatic nitrogens is 2. The van der Waals surface area contributed by atoms with Crippen molar-refractivity contribution in [1.29, 1.82) is 5.26 Å². The summed E-state index contributed by atoms with van der Waals surface area (Å²) in [7, 11) is 0. The molecule has 0 bridgehead atoms. The van der Waals surface area contributed by atoms with Crippen molar-refractivity contribution in [3.8, 4) is 6.07 Å². The van der Waals surface area contributed by atoms with Gasteiger partial charge in [0.25, 0.3) is 0 Å². The monoisotopic (exact) mass is 390 g/mol. The van der Waals surface area contributed by atoms with Crippen molar-refractivity contribution >= 4 is 40.1 Å². The summed E-state index contributed by atoms with van der Waals surface area (Å²) < 4.78 is 4.87. The van der Waals surface area contributed by atoms with E-state index in [4.69, 9.17) is 4.74 Å². The van der Waals surface area contributed by atoms with Gasteiger partial charge in [-0.25, -0.2) is 9.97 Å². The lowest BCUT2D eigenvalue weighted by molar-refractivity contribution is -0.142. The van der Waals surface area contributed by atoms with Gasteiger partial charge in [0.05, 0.1) is 30.0 Å². The van der Waals surface area contributed by atoms with Crippen molar-refractivity contribution in [3.05, 3.63) is 34.0 Å². The van der Waals surface area contributed by atoms with E-state index in [9.17, 15) is 14.9 Å². The van der Waals surface area contributed by atoms with Crippen LogP contribution in [0.2, 0.25) is 0 Å². The number of thioether (sulfide) groups is 1. The van der Waals surface area contributed by atoms with Crippen LogP contribution in [0.3, 0.4) is 0 Å². The second-order valence-electron chi connectivity index (χ2n) is 5.34. The minimum Gasteiger partial charge on any atom is -0.466 e. The summed E-state index contributed by atoms with van der Waals surface area (Å²) in [4.78, 5) is 32.1. The number of rotatable bonds is 7. The van der Waals surface area contributed by atoms with Gasteiger partial charge in [-0.3, -0.25) is 9.59 Å². The van der Waals surface area contributed by atoms with Crippen molar-refractivity contribution in [2.24, 2.45) is 0 Å². The number of aryl methyl sites for hydroxylation is 2. The van der Waals surface area contributed by atoms with E-state index in [0.29, 0.717) is 28.0 Å². The van der Waals surface area contributed by atoms with Gasteiger partial charge in [0, 0.05) is 11.1 Å². The molecule has 0 spiro atoms. The van der Waals surface area contributed by atoms with Gasteiger partial charge in [0.15, 0.2) is 5.13 Å². The van der Waals surface area contributed by atoms with Crippen LogP contribution in [0.5, 0.6) is 0 Å². The highest BCUT2D eigenvalue weighted by Crippen LogP contribution is 2.24. The van der Waals surface area contributed by atoms with Crippen molar-refractivity contribution in [2.75, 3.05) is 17.7 Å². The van der Waals surface area contributed by atoms with E-state index in [1.165, 1.54) is 23.1 Å². The molecule has 0 aliphatic rings. The molecule has 2 heterocycles. The van der Waals surface area contributed by atoms with Gasteiger partial charge in [0.2, 0.25) is 5.91 Å². The number of nitriles is 1. The highest BCUT2D eigenvalue weighted by molar-refractivity contribution is 8.00. The predicted octanol–water partition coefficient (Wildman–Crippen LogP) is 2.86. The average Bonchev–Trinajstić information content (AvgIpc) is 2.99. The summed E-state index contributed by atoms with van der Waals surface area (Å²) in [5, 5.41) is 14.6. The van der Waals surface area contributed by atoms with Gasteiger partial charge in [-0.05, 0) is 32.4 Å². The first-order valence-electron chi connectivity index (χ1n) is 7.84. The number of nitrogens with zero attached hydrogens (tertiary/aromatic N) is 3. The number of hydrogen-bond donors (Lipinski definition) is 1. The summed E-state index contributed by atoms with van der Waals surface area (Å²) in [5.74, 6) is -0.495. The quantitative estimate of drug-likeness (QED) is 0.572. The second-order valence-corrected chi connectivity index (χ2v) is 7.16. The lowest BCUT2D eigenvalue weighted by atomic mass is 10.1. The van der Waals surface area contributed by atoms with Crippen molar-refractivity contribution in [3.63, 3.8) is 0 Å². The van der Waals surface area contributed by atoms with Crippen LogP contribution >= 0.6 is 23.1 Å². The molecule has 0 atom stereocenters. The van der Waals surface area contributed by atoms with Gasteiger partial charge in [-0.2, -0.15) is 5.26 Å². The maximum Gasteiger partial charge on any atom is 0.311 e. The standard InChI is InChI=1S/C17H18N4O3S2/c1-4-24-15(23)6-12-8-26-17(20-12)21-14(22)9-25-16-13(7-18)10(2)5-11(3)19-16/h5,8H,4,6,9H2,1-3H3,(H,20,21,22). The Bertz CT molecular complexity index is 858. The van der Waals surface area contributed by atoms with Gasteiger partial charge >= 0.3 is 5.97 Å². The van der Waals surface area contributed by atoms with E-state index in [1.807, 2.05) is 19.9 Å². The van der Waals surface area contributed by atoms with Crippen LogP contribution in [0.15, 0.2) is 16.5 Å². The number of amides is 1. The smallest absolute Gasteiger partial charge is 0.311 e. The molecular weight excluding hydrogens is 372 g/mol. The van der Waals surface area contributed by atoms with E-state index in [2.05, 4.69) is 21.4 Å². The summed E-state index contributed by atoms with van der Waals surface area (Å²) in [6.07, 6.45) is 0.0764. The van der Waals surface area contributed by atoms with Gasteiger partial charge in [-0.1, -0.05) is 11.8 Å². The first kappa shape index (κ1) is 19.9. The molecule has 0 fully saturated rings. The molecule has 0 aliphatic heterocycles. The molecule has 9 heteroatoms. The summed E-state index contributed by atoms with van der Waals surface area (Å²) in [6, 6.07) is 3.96. The van der Waals surface area contributed by atoms with Crippen LogP contribution in [-0.2, 0) is 20.7 Å². The molecule has 136 valence electrons. The van der Waals surface area contributed by atoms with Gasteiger partial charge in [-0.15, -0.1) is 11.3 Å². The Morgan fingerprint density at radius 3 is 2.85 bits per heavy atom. The minimum atomic E-state index is -0.351. The molecule has 0 aromatic carbocycles. The summed E-state index contributed by atoms with van der Waals surface area (Å²) >= 11 is 2.45. The molecule has 0 unspecified atom stereocenters. The lowest BCUT2D eigenvalue weighted by Gasteiger charge is -2.07. The fourth-order valence-corrected chi connectivity index (χ4v) is 3.76. The molecule has 26 heavy (non-hydrogen) atoms. The van der Waals surface area contributed by atoms with Crippen LogP contribution in [0.1, 0.15) is 29.4 Å². The Morgan fingerprint density at radius 1 is 1.38 bits per heavy atom. The number of carbonyl (C=O) groups excluding carboxylic acids is 2. The zero-order chi connectivity index (χ0) is 19.1. The van der Waals surface area contributed by atoms with E-state index in [1.54, 1.807) is 12.3 Å². The Balaban J connectivity index is 1.93. The number of thiazole rings is 1. The highest BCUT2D eigenvalue weighted by atomic mass is 32.2. The maximum atomic E-state index is 12.1.